The second kappa shape index (κ2) is 7.50. The smallest absolute Gasteiger partial charge is 0.229 e. The average molecular weight is 383 g/mol. The molecule has 1 saturated heterocycles. The van der Waals surface area contributed by atoms with Crippen molar-refractivity contribution >= 4 is 57.3 Å². The number of imide groups is 1. The number of anilines is 2. The van der Waals surface area contributed by atoms with Gasteiger partial charge in [0.25, 0.3) is 0 Å². The number of benzene rings is 1. The number of hydrogen-bond acceptors (Lipinski definition) is 7. The van der Waals surface area contributed by atoms with Crippen LogP contribution in [0.3, 0.4) is 0 Å². The first-order valence-electron chi connectivity index (χ1n) is 7.35. The fourth-order valence-electron chi connectivity index (χ4n) is 2.21. The number of amides is 2. The quantitative estimate of drug-likeness (QED) is 0.609. The normalized spacial score (nSPS) is 14.5. The summed E-state index contributed by atoms with van der Waals surface area (Å²) in [5.41, 5.74) is 1.87. The number of nitrogens with zero attached hydrogens (tertiary/aromatic N) is 3. The number of carbonyl (C=O) groups is 2. The molecule has 126 valence electrons. The Balaban J connectivity index is 1.53. The van der Waals surface area contributed by atoms with E-state index in [1.165, 1.54) is 28.0 Å². The van der Waals surface area contributed by atoms with E-state index in [0.29, 0.717) is 35.3 Å². The minimum Gasteiger partial charge on any atom is -0.330 e. The van der Waals surface area contributed by atoms with Crippen LogP contribution in [0.25, 0.3) is 0 Å². The number of aromatic nitrogens is 2. The maximum Gasteiger partial charge on any atom is 0.229 e. The average Bonchev–Trinajstić information content (AvgIpc) is 3.12. The van der Waals surface area contributed by atoms with Gasteiger partial charge in [-0.25, -0.2) is 0 Å². The summed E-state index contributed by atoms with van der Waals surface area (Å²) in [6.45, 7) is 2.36. The number of rotatable bonds is 6. The van der Waals surface area contributed by atoms with Crippen molar-refractivity contribution in [1.29, 1.82) is 0 Å². The van der Waals surface area contributed by atoms with E-state index in [-0.39, 0.29) is 11.8 Å². The Morgan fingerprint density at radius 2 is 2.04 bits per heavy atom. The summed E-state index contributed by atoms with van der Waals surface area (Å²) in [6, 6.07) is 5.71. The summed E-state index contributed by atoms with van der Waals surface area (Å²) in [4.78, 5) is 24.4. The summed E-state index contributed by atoms with van der Waals surface area (Å²) in [5, 5.41) is 12.7. The van der Waals surface area contributed by atoms with Crippen LogP contribution in [0.4, 0.5) is 10.8 Å². The van der Waals surface area contributed by atoms with Gasteiger partial charge in [-0.15, -0.1) is 10.2 Å². The molecule has 1 aliphatic heterocycles. The highest BCUT2D eigenvalue weighted by Crippen LogP contribution is 2.29. The maximum absolute atomic E-state index is 11.5. The van der Waals surface area contributed by atoms with Crippen molar-refractivity contribution < 1.29 is 9.59 Å². The van der Waals surface area contributed by atoms with Crippen LogP contribution in [0, 0.1) is 6.92 Å². The van der Waals surface area contributed by atoms with Crippen LogP contribution in [0.15, 0.2) is 22.5 Å². The molecule has 0 unspecified atom stereocenters. The third-order valence-electron chi connectivity index (χ3n) is 3.52. The first-order valence-corrected chi connectivity index (χ1v) is 9.53. The molecule has 0 saturated carbocycles. The molecule has 1 N–H and O–H groups in total. The molecule has 9 heteroatoms. The minimum absolute atomic E-state index is 0.0866. The van der Waals surface area contributed by atoms with Crippen LogP contribution >= 0.6 is 34.7 Å². The molecule has 6 nitrogen and oxygen atoms in total. The van der Waals surface area contributed by atoms with Crippen molar-refractivity contribution in [2.75, 3.05) is 17.6 Å². The molecule has 0 spiro atoms. The molecular formula is C15H15ClN4O2S2. The molecule has 1 aliphatic rings. The SMILES string of the molecule is Cc1ccc(Nc2nnc(SCCN3C(=O)CCC3=O)s2)cc1Cl. The lowest BCUT2D eigenvalue weighted by atomic mass is 10.2. The van der Waals surface area contributed by atoms with Gasteiger partial charge in [0, 0.05) is 35.8 Å². The molecule has 0 bridgehead atoms. The Morgan fingerprint density at radius 1 is 1.29 bits per heavy atom. The first kappa shape index (κ1) is 17.2. The standard InChI is InChI=1S/C15H15ClN4O2S2/c1-9-2-3-10(8-11(9)16)17-14-18-19-15(24-14)23-7-6-20-12(21)4-5-13(20)22/h2-3,8H,4-7H2,1H3,(H,17,18). The molecule has 3 rings (SSSR count). The van der Waals surface area contributed by atoms with Crippen LogP contribution in [0.2, 0.25) is 5.02 Å². The van der Waals surface area contributed by atoms with E-state index in [1.54, 1.807) is 0 Å². The van der Waals surface area contributed by atoms with E-state index in [2.05, 4.69) is 15.5 Å². The molecule has 0 atom stereocenters. The summed E-state index contributed by atoms with van der Waals surface area (Å²) >= 11 is 9.00. The molecule has 0 aliphatic carbocycles. The monoisotopic (exact) mass is 382 g/mol. The van der Waals surface area contributed by atoms with Crippen molar-refractivity contribution in [2.45, 2.75) is 24.1 Å². The van der Waals surface area contributed by atoms with Gasteiger partial charge in [0.2, 0.25) is 16.9 Å². The number of nitrogens with one attached hydrogen (secondary N) is 1. The fourth-order valence-corrected chi connectivity index (χ4v) is 4.16. The van der Waals surface area contributed by atoms with Crippen molar-refractivity contribution in [2.24, 2.45) is 0 Å². The van der Waals surface area contributed by atoms with Gasteiger partial charge in [-0.05, 0) is 24.6 Å². The Bertz CT molecular complexity index is 765. The van der Waals surface area contributed by atoms with E-state index in [1.807, 2.05) is 25.1 Å². The number of thioether (sulfide) groups is 1. The Kier molecular flexibility index (Phi) is 5.37. The number of aryl methyl sites for hydroxylation is 1. The number of likely N-dealkylation sites (tertiary alicyclic amines) is 1. The lowest BCUT2D eigenvalue weighted by Gasteiger charge is -2.11. The zero-order valence-corrected chi connectivity index (χ0v) is 15.3. The van der Waals surface area contributed by atoms with Gasteiger partial charge in [-0.3, -0.25) is 14.5 Å². The number of carbonyl (C=O) groups excluding carboxylic acids is 2. The third kappa shape index (κ3) is 4.06. The van der Waals surface area contributed by atoms with Gasteiger partial charge in [0.05, 0.1) is 0 Å². The Morgan fingerprint density at radius 3 is 2.75 bits per heavy atom. The third-order valence-corrected chi connectivity index (χ3v) is 5.88. The molecule has 1 aromatic heterocycles. The van der Waals surface area contributed by atoms with Gasteiger partial charge in [0.1, 0.15) is 0 Å². The van der Waals surface area contributed by atoms with Crippen LogP contribution in [0.5, 0.6) is 0 Å². The summed E-state index contributed by atoms with van der Waals surface area (Å²) in [6.07, 6.45) is 0.658. The lowest BCUT2D eigenvalue weighted by Crippen LogP contribution is -2.31. The molecule has 24 heavy (non-hydrogen) atoms. The molecule has 2 amide bonds. The van der Waals surface area contributed by atoms with Crippen LogP contribution < -0.4 is 5.32 Å². The van der Waals surface area contributed by atoms with E-state index < -0.39 is 0 Å². The predicted molar refractivity (Wildman–Crippen MR) is 96.1 cm³/mol. The largest absolute Gasteiger partial charge is 0.330 e. The van der Waals surface area contributed by atoms with Crippen molar-refractivity contribution in [3.63, 3.8) is 0 Å². The van der Waals surface area contributed by atoms with Crippen LogP contribution in [0.1, 0.15) is 18.4 Å². The molecule has 1 fully saturated rings. The van der Waals surface area contributed by atoms with E-state index in [0.717, 1.165) is 15.6 Å². The van der Waals surface area contributed by atoms with Crippen molar-refractivity contribution in [3.8, 4) is 0 Å². The lowest BCUT2D eigenvalue weighted by molar-refractivity contribution is -0.137. The molecule has 2 heterocycles. The van der Waals surface area contributed by atoms with Gasteiger partial charge in [0.15, 0.2) is 4.34 Å². The van der Waals surface area contributed by atoms with Gasteiger partial charge in [-0.1, -0.05) is 40.8 Å². The second-order valence-electron chi connectivity index (χ2n) is 5.25. The minimum atomic E-state index is -0.0866. The summed E-state index contributed by atoms with van der Waals surface area (Å²) < 4.78 is 0.787. The highest BCUT2D eigenvalue weighted by molar-refractivity contribution is 8.01. The van der Waals surface area contributed by atoms with Gasteiger partial charge >= 0.3 is 0 Å². The number of hydrogen-bond donors (Lipinski definition) is 1. The zero-order valence-electron chi connectivity index (χ0n) is 12.9. The Hall–Kier alpha value is -1.64. The van der Waals surface area contributed by atoms with Gasteiger partial charge < -0.3 is 5.32 Å². The highest BCUT2D eigenvalue weighted by Gasteiger charge is 2.28. The Labute approximate surface area is 152 Å². The van der Waals surface area contributed by atoms with Crippen molar-refractivity contribution in [1.82, 2.24) is 15.1 Å². The molecule has 2 aromatic rings. The molecule has 0 radical (unpaired) electrons. The highest BCUT2D eigenvalue weighted by atomic mass is 35.5. The first-order chi connectivity index (χ1) is 11.5. The van der Waals surface area contributed by atoms with E-state index in [4.69, 9.17) is 11.6 Å². The van der Waals surface area contributed by atoms with E-state index in [9.17, 15) is 9.59 Å². The summed E-state index contributed by atoms with van der Waals surface area (Å²) in [7, 11) is 0. The van der Waals surface area contributed by atoms with Crippen molar-refractivity contribution in [3.05, 3.63) is 28.8 Å². The predicted octanol–water partition coefficient (Wildman–Crippen LogP) is 3.48. The second-order valence-corrected chi connectivity index (χ2v) is 7.98. The van der Waals surface area contributed by atoms with Crippen LogP contribution in [-0.4, -0.2) is 39.2 Å². The maximum atomic E-state index is 11.5. The number of halogens is 1. The fraction of sp³-hybridized carbons (Fsp3) is 0.333. The topological polar surface area (TPSA) is 75.2 Å². The summed E-state index contributed by atoms with van der Waals surface area (Å²) in [5.74, 6) is 0.440. The van der Waals surface area contributed by atoms with Gasteiger partial charge in [-0.2, -0.15) is 0 Å². The zero-order chi connectivity index (χ0) is 17.1. The molecular weight excluding hydrogens is 368 g/mol. The molecule has 1 aromatic carbocycles. The van der Waals surface area contributed by atoms with Crippen LogP contribution in [-0.2, 0) is 9.59 Å². The van der Waals surface area contributed by atoms with E-state index >= 15 is 0 Å².